The molecule has 1 rings (SSSR count). The molecule has 0 atom stereocenters. The molecule has 18 heavy (non-hydrogen) atoms. The van der Waals surface area contributed by atoms with Crippen LogP contribution < -0.4 is 0 Å². The van der Waals surface area contributed by atoms with Gasteiger partial charge in [0, 0.05) is 19.7 Å². The maximum Gasteiger partial charge on any atom is 0.328 e. The lowest BCUT2D eigenvalue weighted by molar-refractivity contribution is -0.131. The van der Waals surface area contributed by atoms with Gasteiger partial charge in [0.15, 0.2) is 0 Å². The maximum atomic E-state index is 13.7. The normalized spacial score (nSPS) is 10.6. The molecule has 0 saturated carbocycles. The van der Waals surface area contributed by atoms with Crippen LogP contribution in [0.4, 0.5) is 4.39 Å². The van der Waals surface area contributed by atoms with Crippen LogP contribution in [0, 0.1) is 5.82 Å². The highest BCUT2D eigenvalue weighted by molar-refractivity contribution is 5.94. The van der Waals surface area contributed by atoms with E-state index in [-0.39, 0.29) is 5.56 Å². The van der Waals surface area contributed by atoms with E-state index in [4.69, 9.17) is 5.11 Å². The molecule has 0 radical (unpaired) electrons. The summed E-state index contributed by atoms with van der Waals surface area (Å²) in [6.45, 7) is 2.28. The number of carboxylic acid groups (broad SMARTS) is 1. The number of carbonyl (C=O) groups excluding carboxylic acids is 1. The van der Waals surface area contributed by atoms with Crippen molar-refractivity contribution in [3.63, 3.8) is 0 Å². The van der Waals surface area contributed by atoms with Gasteiger partial charge in [-0.25, -0.2) is 9.18 Å². The Hall–Kier alpha value is -2.17. The summed E-state index contributed by atoms with van der Waals surface area (Å²) in [6.07, 6.45) is 2.18. The van der Waals surface area contributed by atoms with Gasteiger partial charge in [0.2, 0.25) is 0 Å². The lowest BCUT2D eigenvalue weighted by Gasteiger charge is -2.14. The Kier molecular flexibility index (Phi) is 4.59. The third-order valence-electron chi connectivity index (χ3n) is 2.46. The van der Waals surface area contributed by atoms with Crippen LogP contribution in [0.5, 0.6) is 0 Å². The zero-order chi connectivity index (χ0) is 13.7. The topological polar surface area (TPSA) is 57.6 Å². The van der Waals surface area contributed by atoms with Gasteiger partial charge >= 0.3 is 5.97 Å². The summed E-state index contributed by atoms with van der Waals surface area (Å²) in [4.78, 5) is 23.5. The lowest BCUT2D eigenvalue weighted by Crippen LogP contribution is -2.27. The Labute approximate surface area is 104 Å². The highest BCUT2D eigenvalue weighted by Crippen LogP contribution is 2.13. The molecule has 0 aromatic heterocycles. The highest BCUT2D eigenvalue weighted by Gasteiger charge is 2.14. The number of rotatable bonds is 4. The molecule has 1 aromatic rings. The molecule has 0 aliphatic heterocycles. The molecule has 4 nitrogen and oxygen atoms in total. The predicted molar refractivity (Wildman–Crippen MR) is 65.7 cm³/mol. The van der Waals surface area contributed by atoms with Crippen molar-refractivity contribution in [1.29, 1.82) is 0 Å². The van der Waals surface area contributed by atoms with Crippen LogP contribution in [-0.2, 0) is 4.79 Å². The summed E-state index contributed by atoms with van der Waals surface area (Å²) < 4.78 is 13.7. The van der Waals surface area contributed by atoms with E-state index < -0.39 is 17.7 Å². The van der Waals surface area contributed by atoms with Gasteiger partial charge in [-0.3, -0.25) is 4.79 Å². The van der Waals surface area contributed by atoms with Crippen molar-refractivity contribution in [3.8, 4) is 0 Å². The molecule has 0 saturated heterocycles. The lowest BCUT2D eigenvalue weighted by atomic mass is 10.1. The molecule has 1 N–H and O–H groups in total. The van der Waals surface area contributed by atoms with E-state index in [2.05, 4.69) is 0 Å². The first-order chi connectivity index (χ1) is 8.45. The molecule has 0 aliphatic rings. The fraction of sp³-hybridized carbons (Fsp3) is 0.231. The average molecular weight is 251 g/mol. The zero-order valence-electron chi connectivity index (χ0n) is 10.2. The van der Waals surface area contributed by atoms with Crippen molar-refractivity contribution < 1.29 is 19.1 Å². The van der Waals surface area contributed by atoms with Crippen molar-refractivity contribution in [3.05, 3.63) is 41.2 Å². The van der Waals surface area contributed by atoms with E-state index in [0.717, 1.165) is 12.1 Å². The standard InChI is InChI=1S/C13H14FNO3/c1-3-15(2)13(18)10-6-4-9(8-11(10)14)5-7-12(16)17/h4-8H,3H2,1-2H3,(H,16,17)/b7-5+. The fourth-order valence-electron chi connectivity index (χ4n) is 1.33. The van der Waals surface area contributed by atoms with E-state index in [9.17, 15) is 14.0 Å². The Morgan fingerprint density at radius 3 is 2.61 bits per heavy atom. The molecule has 96 valence electrons. The number of carbonyl (C=O) groups is 2. The zero-order valence-corrected chi connectivity index (χ0v) is 10.2. The SMILES string of the molecule is CCN(C)C(=O)c1ccc(/C=C/C(=O)O)cc1F. The second-order valence-electron chi connectivity index (χ2n) is 3.73. The number of halogens is 1. The summed E-state index contributed by atoms with van der Waals surface area (Å²) >= 11 is 0. The molecule has 0 bridgehead atoms. The third kappa shape index (κ3) is 3.41. The van der Waals surface area contributed by atoms with Gasteiger partial charge in [0.05, 0.1) is 5.56 Å². The van der Waals surface area contributed by atoms with Crippen molar-refractivity contribution in [2.75, 3.05) is 13.6 Å². The third-order valence-corrected chi connectivity index (χ3v) is 2.46. The average Bonchev–Trinajstić information content (AvgIpc) is 2.34. The molecule has 0 spiro atoms. The Bertz CT molecular complexity index is 497. The number of aliphatic carboxylic acids is 1. The number of nitrogens with zero attached hydrogens (tertiary/aromatic N) is 1. The Morgan fingerprint density at radius 1 is 1.44 bits per heavy atom. The molecule has 1 aromatic carbocycles. The van der Waals surface area contributed by atoms with Crippen molar-refractivity contribution in [2.45, 2.75) is 6.92 Å². The van der Waals surface area contributed by atoms with Gasteiger partial charge < -0.3 is 10.0 Å². The van der Waals surface area contributed by atoms with Gasteiger partial charge in [-0.15, -0.1) is 0 Å². The first-order valence-corrected chi connectivity index (χ1v) is 5.41. The first-order valence-electron chi connectivity index (χ1n) is 5.41. The van der Waals surface area contributed by atoms with Gasteiger partial charge in [-0.05, 0) is 30.7 Å². The van der Waals surface area contributed by atoms with Crippen LogP contribution in [0.1, 0.15) is 22.8 Å². The minimum atomic E-state index is -1.11. The first kappa shape index (κ1) is 13.9. The number of hydrogen-bond acceptors (Lipinski definition) is 2. The molecule has 5 heteroatoms. The summed E-state index contributed by atoms with van der Waals surface area (Å²) in [6, 6.07) is 3.99. The minimum Gasteiger partial charge on any atom is -0.478 e. The highest BCUT2D eigenvalue weighted by atomic mass is 19.1. The van der Waals surface area contributed by atoms with Crippen LogP contribution in [-0.4, -0.2) is 35.5 Å². The number of benzene rings is 1. The summed E-state index contributed by atoms with van der Waals surface area (Å²) in [5.74, 6) is -2.17. The largest absolute Gasteiger partial charge is 0.478 e. The number of hydrogen-bond donors (Lipinski definition) is 1. The van der Waals surface area contributed by atoms with E-state index in [1.807, 2.05) is 0 Å². The summed E-state index contributed by atoms with van der Waals surface area (Å²) in [7, 11) is 1.58. The molecule has 0 aliphatic carbocycles. The van der Waals surface area contributed by atoms with Crippen LogP contribution in [0.3, 0.4) is 0 Å². The summed E-state index contributed by atoms with van der Waals surface area (Å²) in [5.41, 5.74) is 0.373. The quantitative estimate of drug-likeness (QED) is 0.833. The molecule has 0 fully saturated rings. The Balaban J connectivity index is 2.99. The van der Waals surface area contributed by atoms with Crippen molar-refractivity contribution in [2.24, 2.45) is 0 Å². The fourth-order valence-corrected chi connectivity index (χ4v) is 1.33. The van der Waals surface area contributed by atoms with E-state index in [1.165, 1.54) is 23.1 Å². The van der Waals surface area contributed by atoms with Crippen LogP contribution in [0.25, 0.3) is 6.08 Å². The molecular weight excluding hydrogens is 237 g/mol. The van der Waals surface area contributed by atoms with Gasteiger partial charge in [-0.1, -0.05) is 6.07 Å². The van der Waals surface area contributed by atoms with E-state index >= 15 is 0 Å². The number of carboxylic acids is 1. The molecule has 1 amide bonds. The van der Waals surface area contributed by atoms with Gasteiger partial charge in [0.25, 0.3) is 5.91 Å². The van der Waals surface area contributed by atoms with Crippen LogP contribution in [0.15, 0.2) is 24.3 Å². The second kappa shape index (κ2) is 5.95. The van der Waals surface area contributed by atoms with Crippen molar-refractivity contribution >= 4 is 18.0 Å². The maximum absolute atomic E-state index is 13.7. The van der Waals surface area contributed by atoms with Crippen LogP contribution in [0.2, 0.25) is 0 Å². The Morgan fingerprint density at radius 2 is 2.11 bits per heavy atom. The molecule has 0 unspecified atom stereocenters. The smallest absolute Gasteiger partial charge is 0.328 e. The number of amides is 1. The second-order valence-corrected chi connectivity index (χ2v) is 3.73. The van der Waals surface area contributed by atoms with Gasteiger partial charge in [0.1, 0.15) is 5.82 Å². The van der Waals surface area contributed by atoms with E-state index in [0.29, 0.717) is 12.1 Å². The summed E-state index contributed by atoms with van der Waals surface area (Å²) in [5, 5.41) is 8.45. The monoisotopic (exact) mass is 251 g/mol. The van der Waals surface area contributed by atoms with Gasteiger partial charge in [-0.2, -0.15) is 0 Å². The predicted octanol–water partition coefficient (Wildman–Crippen LogP) is 2.02. The van der Waals surface area contributed by atoms with Crippen LogP contribution >= 0.6 is 0 Å². The van der Waals surface area contributed by atoms with E-state index in [1.54, 1.807) is 14.0 Å². The minimum absolute atomic E-state index is 0.0215. The van der Waals surface area contributed by atoms with Crippen molar-refractivity contribution in [1.82, 2.24) is 4.90 Å². The molecule has 0 heterocycles. The molecular formula is C13H14FNO3.